The number of carbonyl (C=O) groups is 3. The van der Waals surface area contributed by atoms with E-state index < -0.39 is 18.0 Å². The predicted octanol–water partition coefficient (Wildman–Crippen LogP) is 1.86. The number of carboxylic acid groups (broad SMARTS) is 1. The molecule has 0 aliphatic rings. The quantitative estimate of drug-likeness (QED) is 0.601. The second-order valence-electron chi connectivity index (χ2n) is 4.77. The van der Waals surface area contributed by atoms with E-state index >= 15 is 0 Å². The Hall–Kier alpha value is -2.99. The molecule has 0 heterocycles. The Morgan fingerprint density at radius 1 is 1.09 bits per heavy atom. The number of carbonyl (C=O) groups excluding carboxylic acids is 2. The molecule has 0 saturated heterocycles. The van der Waals surface area contributed by atoms with E-state index in [1.54, 1.807) is 36.4 Å². The van der Waals surface area contributed by atoms with Crippen molar-refractivity contribution in [3.63, 3.8) is 0 Å². The molecule has 6 heteroatoms. The minimum atomic E-state index is -1.23. The van der Waals surface area contributed by atoms with Crippen LogP contribution in [-0.2, 0) is 16.1 Å². The van der Waals surface area contributed by atoms with Crippen molar-refractivity contribution in [2.45, 2.75) is 12.5 Å². The summed E-state index contributed by atoms with van der Waals surface area (Å²) in [6.07, 6.45) is -0.580. The number of hydrogen-bond donors (Lipinski definition) is 2. The third kappa shape index (κ3) is 4.49. The van der Waals surface area contributed by atoms with Crippen LogP contribution in [0.25, 0.3) is 0 Å². The zero-order valence-corrected chi connectivity index (χ0v) is 12.1. The topological polar surface area (TPSA) is 92.7 Å². The van der Waals surface area contributed by atoms with Crippen molar-refractivity contribution < 1.29 is 24.3 Å². The molecule has 0 aliphatic carbocycles. The molecule has 23 heavy (non-hydrogen) atoms. The van der Waals surface area contributed by atoms with Crippen LogP contribution < -0.4 is 5.48 Å². The van der Waals surface area contributed by atoms with Gasteiger partial charge in [-0.05, 0) is 11.6 Å². The second kappa shape index (κ2) is 7.86. The number of rotatable bonds is 7. The average molecular weight is 313 g/mol. The van der Waals surface area contributed by atoms with Crippen molar-refractivity contribution in [3.05, 3.63) is 71.3 Å². The summed E-state index contributed by atoms with van der Waals surface area (Å²) in [6.45, 7) is 0. The number of aldehydes is 1. The molecule has 2 aromatic rings. The maximum absolute atomic E-state index is 12.0. The van der Waals surface area contributed by atoms with Gasteiger partial charge >= 0.3 is 5.97 Å². The van der Waals surface area contributed by atoms with Crippen molar-refractivity contribution >= 4 is 18.2 Å². The van der Waals surface area contributed by atoms with Crippen molar-refractivity contribution in [3.8, 4) is 0 Å². The molecular formula is C17H15NO5. The molecule has 1 amide bonds. The molecule has 6 nitrogen and oxygen atoms in total. The van der Waals surface area contributed by atoms with Gasteiger partial charge in [-0.15, -0.1) is 0 Å². The van der Waals surface area contributed by atoms with Gasteiger partial charge in [0.1, 0.15) is 0 Å². The van der Waals surface area contributed by atoms with Gasteiger partial charge in [0.2, 0.25) is 0 Å². The largest absolute Gasteiger partial charge is 0.479 e. The average Bonchev–Trinajstić information content (AvgIpc) is 2.58. The Kier molecular flexibility index (Phi) is 5.60. The first-order chi connectivity index (χ1) is 11.1. The summed E-state index contributed by atoms with van der Waals surface area (Å²) >= 11 is 0. The van der Waals surface area contributed by atoms with Crippen molar-refractivity contribution in [2.75, 3.05) is 0 Å². The van der Waals surface area contributed by atoms with Crippen LogP contribution in [0.4, 0.5) is 0 Å². The van der Waals surface area contributed by atoms with Gasteiger partial charge in [-0.25, -0.2) is 10.3 Å². The SMILES string of the molecule is O=Cc1ccccc1C(=O)NO[C@@H](Cc1ccccc1)C(=O)O. The molecule has 0 fully saturated rings. The minimum Gasteiger partial charge on any atom is -0.479 e. The Labute approximate surface area is 132 Å². The molecular weight excluding hydrogens is 298 g/mol. The van der Waals surface area contributed by atoms with Gasteiger partial charge in [-0.2, -0.15) is 0 Å². The number of carboxylic acids is 1. The van der Waals surface area contributed by atoms with Crippen LogP contribution in [0.2, 0.25) is 0 Å². The monoisotopic (exact) mass is 313 g/mol. The number of amides is 1. The molecule has 2 rings (SSSR count). The van der Waals surface area contributed by atoms with Gasteiger partial charge in [0.25, 0.3) is 5.91 Å². The van der Waals surface area contributed by atoms with Crippen LogP contribution >= 0.6 is 0 Å². The highest BCUT2D eigenvalue weighted by atomic mass is 16.7. The highest BCUT2D eigenvalue weighted by Crippen LogP contribution is 2.08. The molecule has 0 radical (unpaired) electrons. The Morgan fingerprint density at radius 3 is 2.39 bits per heavy atom. The van der Waals surface area contributed by atoms with Crippen LogP contribution in [0.5, 0.6) is 0 Å². The molecule has 0 spiro atoms. The summed E-state index contributed by atoms with van der Waals surface area (Å²) in [7, 11) is 0. The van der Waals surface area contributed by atoms with Crippen LogP contribution in [0, 0.1) is 0 Å². The fourth-order valence-electron chi connectivity index (χ4n) is 1.99. The third-order valence-corrected chi connectivity index (χ3v) is 3.17. The molecule has 0 saturated carbocycles. The van der Waals surface area contributed by atoms with Crippen molar-refractivity contribution in [2.24, 2.45) is 0 Å². The lowest BCUT2D eigenvalue weighted by atomic mass is 10.1. The maximum Gasteiger partial charge on any atom is 0.335 e. The predicted molar refractivity (Wildman–Crippen MR) is 82.0 cm³/mol. The van der Waals surface area contributed by atoms with E-state index in [4.69, 9.17) is 4.84 Å². The van der Waals surface area contributed by atoms with Crippen LogP contribution in [0.1, 0.15) is 26.3 Å². The number of hydrogen-bond acceptors (Lipinski definition) is 4. The minimum absolute atomic E-state index is 0.103. The molecule has 0 aromatic heterocycles. The summed E-state index contributed by atoms with van der Waals surface area (Å²) in [5.74, 6) is -1.87. The summed E-state index contributed by atoms with van der Waals surface area (Å²) < 4.78 is 0. The maximum atomic E-state index is 12.0. The van der Waals surface area contributed by atoms with Crippen molar-refractivity contribution in [1.82, 2.24) is 5.48 Å². The number of nitrogens with one attached hydrogen (secondary N) is 1. The van der Waals surface area contributed by atoms with Gasteiger partial charge in [0.15, 0.2) is 12.4 Å². The third-order valence-electron chi connectivity index (χ3n) is 3.17. The fourth-order valence-corrected chi connectivity index (χ4v) is 1.99. The van der Waals surface area contributed by atoms with Crippen LogP contribution in [0.15, 0.2) is 54.6 Å². The summed E-state index contributed by atoms with van der Waals surface area (Å²) in [5.41, 5.74) is 3.18. The van der Waals surface area contributed by atoms with E-state index in [1.807, 2.05) is 6.07 Å². The van der Waals surface area contributed by atoms with Gasteiger partial charge < -0.3 is 5.11 Å². The van der Waals surface area contributed by atoms with Crippen molar-refractivity contribution in [1.29, 1.82) is 0 Å². The number of hydroxylamine groups is 1. The molecule has 2 aromatic carbocycles. The van der Waals surface area contributed by atoms with Gasteiger partial charge in [0, 0.05) is 12.0 Å². The van der Waals surface area contributed by atoms with E-state index in [1.165, 1.54) is 12.1 Å². The molecule has 1 atom stereocenters. The van der Waals surface area contributed by atoms with E-state index in [-0.39, 0.29) is 17.5 Å². The van der Waals surface area contributed by atoms with Gasteiger partial charge in [0.05, 0.1) is 5.56 Å². The summed E-state index contributed by atoms with van der Waals surface area (Å²) in [6, 6.07) is 15.1. The van der Waals surface area contributed by atoms with Crippen LogP contribution in [-0.4, -0.2) is 29.4 Å². The van der Waals surface area contributed by atoms with E-state index in [2.05, 4.69) is 5.48 Å². The van der Waals surface area contributed by atoms with E-state index in [0.717, 1.165) is 5.56 Å². The summed E-state index contributed by atoms with van der Waals surface area (Å²) in [5, 5.41) is 9.19. The summed E-state index contributed by atoms with van der Waals surface area (Å²) in [4.78, 5) is 39.2. The smallest absolute Gasteiger partial charge is 0.335 e. The standard InChI is InChI=1S/C17H15NO5/c19-11-13-8-4-5-9-14(13)16(20)18-23-15(17(21)22)10-12-6-2-1-3-7-12/h1-9,11,15H,10H2,(H,18,20)(H,21,22)/t15-/m0/s1. The highest BCUT2D eigenvalue weighted by molar-refractivity contribution is 6.00. The normalized spacial score (nSPS) is 11.5. The Morgan fingerprint density at radius 2 is 1.74 bits per heavy atom. The molecule has 2 N–H and O–H groups in total. The number of aliphatic carboxylic acids is 1. The molecule has 0 aliphatic heterocycles. The molecule has 118 valence electrons. The van der Waals surface area contributed by atoms with E-state index in [0.29, 0.717) is 6.29 Å². The lowest BCUT2D eigenvalue weighted by Crippen LogP contribution is -2.36. The lowest BCUT2D eigenvalue weighted by Gasteiger charge is -2.14. The van der Waals surface area contributed by atoms with E-state index in [9.17, 15) is 19.5 Å². The zero-order valence-electron chi connectivity index (χ0n) is 12.1. The Balaban J connectivity index is 2.02. The number of benzene rings is 2. The first-order valence-electron chi connectivity index (χ1n) is 6.88. The first kappa shape index (κ1) is 16.4. The van der Waals surface area contributed by atoms with Crippen LogP contribution in [0.3, 0.4) is 0 Å². The molecule has 0 unspecified atom stereocenters. The zero-order chi connectivity index (χ0) is 16.7. The van der Waals surface area contributed by atoms with Gasteiger partial charge in [-0.1, -0.05) is 48.5 Å². The first-order valence-corrected chi connectivity index (χ1v) is 6.88. The second-order valence-corrected chi connectivity index (χ2v) is 4.77. The van der Waals surface area contributed by atoms with Gasteiger partial charge in [-0.3, -0.25) is 14.4 Å². The lowest BCUT2D eigenvalue weighted by molar-refractivity contribution is -0.153. The molecule has 0 bridgehead atoms. The Bertz CT molecular complexity index is 699. The highest BCUT2D eigenvalue weighted by Gasteiger charge is 2.21. The fraction of sp³-hybridized carbons (Fsp3) is 0.118.